The highest BCUT2D eigenvalue weighted by Crippen LogP contribution is 2.25. The number of nitrogens with zero attached hydrogens (tertiary/aromatic N) is 2. The van der Waals surface area contributed by atoms with Crippen LogP contribution in [0.3, 0.4) is 0 Å². The Morgan fingerprint density at radius 2 is 1.89 bits per heavy atom. The third-order valence-electron chi connectivity index (χ3n) is 4.80. The van der Waals surface area contributed by atoms with Crippen LogP contribution in [0.1, 0.15) is 43.4 Å². The molecule has 0 fully saturated rings. The number of aliphatic carboxylic acids is 1. The molecule has 0 saturated heterocycles. The normalized spacial score (nSPS) is 12.4. The van der Waals surface area contributed by atoms with Crippen molar-refractivity contribution in [1.82, 2.24) is 9.13 Å². The molecule has 1 aromatic heterocycles. The summed E-state index contributed by atoms with van der Waals surface area (Å²) in [6.45, 7) is 4.32. The molecule has 0 radical (unpaired) electrons. The summed E-state index contributed by atoms with van der Waals surface area (Å²) in [5.74, 6) is -0.904. The Morgan fingerprint density at radius 1 is 1.19 bits per heavy atom. The number of hydrogen-bond acceptors (Lipinski definition) is 2. The van der Waals surface area contributed by atoms with E-state index in [-0.39, 0.29) is 18.2 Å². The summed E-state index contributed by atoms with van der Waals surface area (Å²) in [5, 5.41) is 9.92. The van der Waals surface area contributed by atoms with Crippen LogP contribution in [0.4, 0.5) is 0 Å². The second-order valence-electron chi connectivity index (χ2n) is 6.86. The second kappa shape index (κ2) is 8.01. The monoisotopic (exact) mass is 386 g/mol. The zero-order chi connectivity index (χ0) is 19.6. The lowest BCUT2D eigenvalue weighted by atomic mass is 10.1. The molecule has 0 bridgehead atoms. The fourth-order valence-corrected chi connectivity index (χ4v) is 3.77. The van der Waals surface area contributed by atoms with E-state index in [0.717, 1.165) is 28.6 Å². The van der Waals surface area contributed by atoms with Gasteiger partial charge in [0.25, 0.3) is 0 Å². The molecule has 1 unspecified atom stereocenters. The first kappa shape index (κ1) is 19.2. The van der Waals surface area contributed by atoms with Crippen molar-refractivity contribution >= 4 is 28.6 Å². The van der Waals surface area contributed by atoms with Gasteiger partial charge in [0.15, 0.2) is 0 Å². The SMILES string of the molecule is CCCC(CC(=O)O)n1c(=O)n(Cc2cc(C)ccc2Cl)c2ccccc21. The van der Waals surface area contributed by atoms with Gasteiger partial charge >= 0.3 is 11.7 Å². The van der Waals surface area contributed by atoms with Crippen LogP contribution in [-0.4, -0.2) is 20.2 Å². The Morgan fingerprint density at radius 3 is 2.56 bits per heavy atom. The first-order valence-electron chi connectivity index (χ1n) is 9.09. The molecule has 3 rings (SSSR count). The van der Waals surface area contributed by atoms with E-state index in [2.05, 4.69) is 0 Å². The van der Waals surface area contributed by atoms with Crippen molar-refractivity contribution < 1.29 is 9.90 Å². The maximum Gasteiger partial charge on any atom is 0.329 e. The summed E-state index contributed by atoms with van der Waals surface area (Å²) in [6, 6.07) is 12.9. The zero-order valence-electron chi connectivity index (χ0n) is 15.5. The van der Waals surface area contributed by atoms with Crippen molar-refractivity contribution in [3.8, 4) is 0 Å². The van der Waals surface area contributed by atoms with Gasteiger partial charge in [-0.25, -0.2) is 4.79 Å². The summed E-state index contributed by atoms with van der Waals surface area (Å²) in [5.41, 5.74) is 3.28. The number of carboxylic acids is 1. The number of aryl methyl sites for hydroxylation is 1. The minimum atomic E-state index is -0.904. The van der Waals surface area contributed by atoms with Crippen LogP contribution in [0.2, 0.25) is 5.02 Å². The minimum absolute atomic E-state index is 0.0764. The van der Waals surface area contributed by atoms with Crippen molar-refractivity contribution in [3.05, 3.63) is 69.1 Å². The van der Waals surface area contributed by atoms with Gasteiger partial charge in [-0.05, 0) is 37.1 Å². The molecule has 5 nitrogen and oxygen atoms in total. The molecule has 0 aliphatic carbocycles. The molecule has 2 aromatic carbocycles. The van der Waals surface area contributed by atoms with Gasteiger partial charge in [0.05, 0.1) is 24.0 Å². The molecule has 0 saturated carbocycles. The van der Waals surface area contributed by atoms with Crippen molar-refractivity contribution in [1.29, 1.82) is 0 Å². The van der Waals surface area contributed by atoms with Gasteiger partial charge in [-0.3, -0.25) is 13.9 Å². The fourth-order valence-electron chi connectivity index (χ4n) is 3.59. The summed E-state index contributed by atoms with van der Waals surface area (Å²) in [6.07, 6.45) is 1.35. The lowest BCUT2D eigenvalue weighted by Gasteiger charge is -2.16. The van der Waals surface area contributed by atoms with E-state index in [1.54, 1.807) is 9.13 Å². The van der Waals surface area contributed by atoms with E-state index in [1.807, 2.05) is 56.3 Å². The maximum absolute atomic E-state index is 13.3. The number of hydrogen-bond donors (Lipinski definition) is 1. The number of benzene rings is 2. The molecule has 1 heterocycles. The van der Waals surface area contributed by atoms with Gasteiger partial charge in [0.1, 0.15) is 0 Å². The average molecular weight is 387 g/mol. The van der Waals surface area contributed by atoms with Gasteiger partial charge in [0.2, 0.25) is 0 Å². The molecule has 1 N–H and O–H groups in total. The van der Waals surface area contributed by atoms with Crippen molar-refractivity contribution in [2.75, 3.05) is 0 Å². The summed E-state index contributed by atoms with van der Waals surface area (Å²) < 4.78 is 3.32. The first-order valence-corrected chi connectivity index (χ1v) is 9.46. The third kappa shape index (κ3) is 3.93. The molecular weight excluding hydrogens is 364 g/mol. The van der Waals surface area contributed by atoms with Crippen LogP contribution >= 0.6 is 11.6 Å². The van der Waals surface area contributed by atoms with Crippen LogP contribution < -0.4 is 5.69 Å². The highest BCUT2D eigenvalue weighted by molar-refractivity contribution is 6.31. The number of aromatic nitrogens is 2. The molecule has 0 aliphatic heterocycles. The van der Waals surface area contributed by atoms with E-state index in [9.17, 15) is 14.7 Å². The van der Waals surface area contributed by atoms with E-state index >= 15 is 0 Å². The average Bonchev–Trinajstić information content (AvgIpc) is 2.89. The lowest BCUT2D eigenvalue weighted by molar-refractivity contribution is -0.137. The van der Waals surface area contributed by atoms with Crippen LogP contribution in [0, 0.1) is 6.92 Å². The Balaban J connectivity index is 2.17. The van der Waals surface area contributed by atoms with Crippen molar-refractivity contribution in [2.24, 2.45) is 0 Å². The topological polar surface area (TPSA) is 64.2 Å². The highest BCUT2D eigenvalue weighted by Gasteiger charge is 2.22. The number of imidazole rings is 1. The highest BCUT2D eigenvalue weighted by atomic mass is 35.5. The van der Waals surface area contributed by atoms with Crippen LogP contribution in [0.15, 0.2) is 47.3 Å². The van der Waals surface area contributed by atoms with Gasteiger partial charge < -0.3 is 5.11 Å². The summed E-state index contributed by atoms with van der Waals surface area (Å²) >= 11 is 6.34. The lowest BCUT2D eigenvalue weighted by Crippen LogP contribution is -2.29. The van der Waals surface area contributed by atoms with E-state index in [0.29, 0.717) is 18.0 Å². The molecule has 142 valence electrons. The van der Waals surface area contributed by atoms with E-state index < -0.39 is 5.97 Å². The maximum atomic E-state index is 13.3. The molecule has 0 spiro atoms. The Labute approximate surface area is 162 Å². The molecular formula is C21H23ClN2O3. The third-order valence-corrected chi connectivity index (χ3v) is 5.16. The minimum Gasteiger partial charge on any atom is -0.481 e. The van der Waals surface area contributed by atoms with Gasteiger partial charge in [0, 0.05) is 11.1 Å². The Hall–Kier alpha value is -2.53. The smallest absolute Gasteiger partial charge is 0.329 e. The largest absolute Gasteiger partial charge is 0.481 e. The predicted octanol–water partition coefficient (Wildman–Crippen LogP) is 4.63. The van der Waals surface area contributed by atoms with E-state index in [1.165, 1.54) is 0 Å². The number of halogens is 1. The van der Waals surface area contributed by atoms with Crippen LogP contribution in [0.5, 0.6) is 0 Å². The molecule has 1 atom stereocenters. The number of carbonyl (C=O) groups is 1. The molecule has 6 heteroatoms. The fraction of sp³-hybridized carbons (Fsp3) is 0.333. The van der Waals surface area contributed by atoms with Crippen LogP contribution in [0.25, 0.3) is 11.0 Å². The summed E-state index contributed by atoms with van der Waals surface area (Å²) in [7, 11) is 0. The van der Waals surface area contributed by atoms with Crippen LogP contribution in [-0.2, 0) is 11.3 Å². The van der Waals surface area contributed by atoms with Gasteiger partial charge in [-0.15, -0.1) is 0 Å². The molecule has 3 aromatic rings. The number of fused-ring (bicyclic) bond motifs is 1. The quantitative estimate of drug-likeness (QED) is 0.643. The number of carboxylic acid groups (broad SMARTS) is 1. The van der Waals surface area contributed by atoms with E-state index in [4.69, 9.17) is 11.6 Å². The Kier molecular flexibility index (Phi) is 5.71. The van der Waals surface area contributed by atoms with Crippen molar-refractivity contribution in [3.63, 3.8) is 0 Å². The summed E-state index contributed by atoms with van der Waals surface area (Å²) in [4.78, 5) is 24.6. The Bertz CT molecular complexity index is 1040. The second-order valence-corrected chi connectivity index (χ2v) is 7.27. The molecule has 0 amide bonds. The molecule has 0 aliphatic rings. The van der Waals surface area contributed by atoms with Gasteiger partial charge in [-0.1, -0.05) is 54.8 Å². The standard InChI is InChI=1S/C21H23ClN2O3/c1-3-6-16(12-20(25)26)24-19-8-5-4-7-18(19)23(21(24)27)13-15-11-14(2)9-10-17(15)22/h4-5,7-11,16H,3,6,12-13H2,1-2H3,(H,25,26). The first-order chi connectivity index (χ1) is 12.9. The predicted molar refractivity (Wildman–Crippen MR) is 108 cm³/mol. The van der Waals surface area contributed by atoms with Crippen molar-refractivity contribution in [2.45, 2.75) is 45.7 Å². The number of para-hydroxylation sites is 2. The molecule has 27 heavy (non-hydrogen) atoms. The number of rotatable bonds is 7. The van der Waals surface area contributed by atoms with Gasteiger partial charge in [-0.2, -0.15) is 0 Å². The zero-order valence-corrected chi connectivity index (χ0v) is 16.2.